The summed E-state index contributed by atoms with van der Waals surface area (Å²) in [6, 6.07) is 10.5. The van der Waals surface area contributed by atoms with Crippen molar-refractivity contribution in [2.45, 2.75) is 44.4 Å². The zero-order valence-electron chi connectivity index (χ0n) is 16.5. The Morgan fingerprint density at radius 2 is 1.90 bits per heavy atom. The molecule has 3 unspecified atom stereocenters. The van der Waals surface area contributed by atoms with E-state index in [2.05, 4.69) is 17.6 Å². The molecule has 3 amide bonds. The number of benzene rings is 2. The van der Waals surface area contributed by atoms with E-state index in [-0.39, 0.29) is 28.2 Å². The number of hydrogen-bond donors (Lipinski definition) is 3. The summed E-state index contributed by atoms with van der Waals surface area (Å²) < 4.78 is 0. The number of carbonyl (C=O) groups is 2. The van der Waals surface area contributed by atoms with E-state index >= 15 is 0 Å². The fourth-order valence-electron chi connectivity index (χ4n) is 4.29. The summed E-state index contributed by atoms with van der Waals surface area (Å²) in [4.78, 5) is 27.6. The molecule has 1 aliphatic carbocycles. The molecule has 1 aliphatic heterocycles. The minimum absolute atomic E-state index is 0.0666. The van der Waals surface area contributed by atoms with E-state index < -0.39 is 17.7 Å². The first kappa shape index (κ1) is 21.0. The number of halogens is 2. The van der Waals surface area contributed by atoms with Crippen molar-refractivity contribution >= 4 is 46.5 Å². The SMILES string of the molecule is CC1CCCCC1NC(=O)C1(O)c2ccccc2NC(=O)N1c1ccc(Cl)c(Cl)c1. The third kappa shape index (κ3) is 3.53. The second-order valence-corrected chi connectivity index (χ2v) is 8.74. The minimum Gasteiger partial charge on any atom is -0.359 e. The first-order valence-corrected chi connectivity index (χ1v) is 10.8. The highest BCUT2D eigenvalue weighted by molar-refractivity contribution is 6.42. The second kappa shape index (κ2) is 8.10. The van der Waals surface area contributed by atoms with Crippen molar-refractivity contribution in [1.82, 2.24) is 5.32 Å². The average Bonchev–Trinajstić information content (AvgIpc) is 2.72. The number of fused-ring (bicyclic) bond motifs is 1. The van der Waals surface area contributed by atoms with Gasteiger partial charge in [0.05, 0.1) is 21.4 Å². The van der Waals surface area contributed by atoms with Crippen molar-refractivity contribution in [3.05, 3.63) is 58.1 Å². The van der Waals surface area contributed by atoms with E-state index in [1.54, 1.807) is 30.3 Å². The first-order valence-electron chi connectivity index (χ1n) is 10.0. The number of nitrogens with zero attached hydrogens (tertiary/aromatic N) is 1. The Kier molecular flexibility index (Phi) is 5.66. The summed E-state index contributed by atoms with van der Waals surface area (Å²) in [5.41, 5.74) is -1.32. The molecule has 2 aliphatic rings. The van der Waals surface area contributed by atoms with Crippen molar-refractivity contribution in [1.29, 1.82) is 0 Å². The van der Waals surface area contributed by atoms with Crippen LogP contribution in [0.25, 0.3) is 0 Å². The lowest BCUT2D eigenvalue weighted by molar-refractivity contribution is -0.141. The van der Waals surface area contributed by atoms with E-state index in [4.69, 9.17) is 23.2 Å². The topological polar surface area (TPSA) is 81.7 Å². The molecule has 1 saturated carbocycles. The molecule has 3 atom stereocenters. The average molecular weight is 448 g/mol. The summed E-state index contributed by atoms with van der Waals surface area (Å²) in [5, 5.41) is 18.1. The molecule has 0 spiro atoms. The second-order valence-electron chi connectivity index (χ2n) is 7.92. The Bertz CT molecular complexity index is 999. The van der Waals surface area contributed by atoms with Crippen LogP contribution in [-0.4, -0.2) is 23.1 Å². The highest BCUT2D eigenvalue weighted by atomic mass is 35.5. The lowest BCUT2D eigenvalue weighted by Crippen LogP contribution is -2.64. The lowest BCUT2D eigenvalue weighted by Gasteiger charge is -2.44. The van der Waals surface area contributed by atoms with Gasteiger partial charge in [-0.15, -0.1) is 0 Å². The molecule has 2 aromatic rings. The molecule has 0 radical (unpaired) electrons. The Balaban J connectivity index is 1.80. The minimum atomic E-state index is -2.24. The number of anilines is 2. The van der Waals surface area contributed by atoms with Crippen LogP contribution in [0.4, 0.5) is 16.2 Å². The highest BCUT2D eigenvalue weighted by Gasteiger charge is 2.52. The Labute approximate surface area is 185 Å². The summed E-state index contributed by atoms with van der Waals surface area (Å²) in [6.45, 7) is 2.09. The highest BCUT2D eigenvalue weighted by Crippen LogP contribution is 2.41. The Morgan fingerprint density at radius 1 is 1.17 bits per heavy atom. The fourth-order valence-corrected chi connectivity index (χ4v) is 4.58. The first-order chi connectivity index (χ1) is 14.3. The Morgan fingerprint density at radius 3 is 2.63 bits per heavy atom. The predicted octanol–water partition coefficient (Wildman–Crippen LogP) is 4.89. The van der Waals surface area contributed by atoms with Gasteiger partial charge in [-0.05, 0) is 43.0 Å². The number of amides is 3. The lowest BCUT2D eigenvalue weighted by atomic mass is 9.85. The van der Waals surface area contributed by atoms with Crippen molar-refractivity contribution in [2.75, 3.05) is 10.2 Å². The molecule has 6 nitrogen and oxygen atoms in total. The van der Waals surface area contributed by atoms with Gasteiger partial charge in [0.15, 0.2) is 0 Å². The number of urea groups is 1. The summed E-state index contributed by atoms with van der Waals surface area (Å²) in [6.07, 6.45) is 3.99. The third-order valence-electron chi connectivity index (χ3n) is 5.98. The van der Waals surface area contributed by atoms with E-state index in [9.17, 15) is 14.7 Å². The quantitative estimate of drug-likeness (QED) is 0.626. The number of hydrogen-bond acceptors (Lipinski definition) is 3. The van der Waals surface area contributed by atoms with Crippen LogP contribution in [0, 0.1) is 5.92 Å². The van der Waals surface area contributed by atoms with Crippen LogP contribution in [0.1, 0.15) is 38.2 Å². The van der Waals surface area contributed by atoms with Gasteiger partial charge in [-0.1, -0.05) is 61.2 Å². The molecule has 0 aromatic heterocycles. The summed E-state index contributed by atoms with van der Waals surface area (Å²) >= 11 is 12.2. The number of nitrogens with one attached hydrogen (secondary N) is 2. The normalized spacial score (nSPS) is 26.0. The predicted molar refractivity (Wildman–Crippen MR) is 118 cm³/mol. The van der Waals surface area contributed by atoms with Crippen molar-refractivity contribution in [2.24, 2.45) is 5.92 Å². The molecule has 0 bridgehead atoms. The molecule has 1 heterocycles. The van der Waals surface area contributed by atoms with Crippen LogP contribution in [0.3, 0.4) is 0 Å². The van der Waals surface area contributed by atoms with Gasteiger partial charge in [0.25, 0.3) is 11.6 Å². The van der Waals surface area contributed by atoms with Crippen LogP contribution in [0.5, 0.6) is 0 Å². The molecular formula is C22H23Cl2N3O3. The van der Waals surface area contributed by atoms with Crippen molar-refractivity contribution in [3.8, 4) is 0 Å². The molecule has 8 heteroatoms. The largest absolute Gasteiger partial charge is 0.359 e. The number of aliphatic hydroxyl groups is 1. The van der Waals surface area contributed by atoms with E-state index in [1.165, 1.54) is 12.1 Å². The van der Waals surface area contributed by atoms with E-state index in [0.29, 0.717) is 10.7 Å². The van der Waals surface area contributed by atoms with Gasteiger partial charge in [-0.3, -0.25) is 9.69 Å². The third-order valence-corrected chi connectivity index (χ3v) is 6.72. The zero-order chi connectivity index (χ0) is 21.5. The smallest absolute Gasteiger partial charge is 0.329 e. The molecular weight excluding hydrogens is 425 g/mol. The van der Waals surface area contributed by atoms with Crippen molar-refractivity contribution < 1.29 is 14.7 Å². The molecule has 30 heavy (non-hydrogen) atoms. The van der Waals surface area contributed by atoms with Crippen LogP contribution in [-0.2, 0) is 10.5 Å². The van der Waals surface area contributed by atoms with Gasteiger partial charge in [-0.2, -0.15) is 0 Å². The number of carbonyl (C=O) groups excluding carboxylic acids is 2. The maximum Gasteiger partial charge on any atom is 0.329 e. The molecule has 4 rings (SSSR count). The summed E-state index contributed by atoms with van der Waals surface area (Å²) in [7, 11) is 0. The van der Waals surface area contributed by atoms with Crippen LogP contribution in [0.15, 0.2) is 42.5 Å². The van der Waals surface area contributed by atoms with Gasteiger partial charge in [0.1, 0.15) is 0 Å². The van der Waals surface area contributed by atoms with Gasteiger partial charge >= 0.3 is 6.03 Å². The van der Waals surface area contributed by atoms with Gasteiger partial charge in [0, 0.05) is 11.6 Å². The van der Waals surface area contributed by atoms with Crippen LogP contribution in [0.2, 0.25) is 10.0 Å². The van der Waals surface area contributed by atoms with Gasteiger partial charge in [-0.25, -0.2) is 4.79 Å². The molecule has 158 valence electrons. The molecule has 0 saturated heterocycles. The number of para-hydroxylation sites is 1. The Hall–Kier alpha value is -2.28. The van der Waals surface area contributed by atoms with E-state index in [1.807, 2.05) is 0 Å². The standard InChI is InChI=1S/C22H23Cl2N3O3/c1-13-6-2-4-8-18(13)25-20(28)22(30)15-7-3-5-9-19(15)26-21(29)27(22)14-10-11-16(23)17(24)12-14/h3,5,7,9-13,18,30H,2,4,6,8H2,1H3,(H,25,28)(H,26,29). The van der Waals surface area contributed by atoms with Gasteiger partial charge < -0.3 is 15.7 Å². The van der Waals surface area contributed by atoms with Crippen LogP contribution < -0.4 is 15.5 Å². The number of rotatable bonds is 3. The van der Waals surface area contributed by atoms with Crippen LogP contribution >= 0.6 is 23.2 Å². The zero-order valence-corrected chi connectivity index (χ0v) is 18.0. The maximum atomic E-state index is 13.5. The van der Waals surface area contributed by atoms with Crippen molar-refractivity contribution in [3.63, 3.8) is 0 Å². The monoisotopic (exact) mass is 447 g/mol. The maximum absolute atomic E-state index is 13.5. The molecule has 2 aromatic carbocycles. The fraction of sp³-hybridized carbons (Fsp3) is 0.364. The molecule has 3 N–H and O–H groups in total. The van der Waals surface area contributed by atoms with E-state index in [0.717, 1.165) is 30.6 Å². The molecule has 1 fully saturated rings. The summed E-state index contributed by atoms with van der Waals surface area (Å²) in [5.74, 6) is -0.355. The van der Waals surface area contributed by atoms with Gasteiger partial charge in [0.2, 0.25) is 0 Å².